The lowest BCUT2D eigenvalue weighted by Gasteiger charge is -2.29. The van der Waals surface area contributed by atoms with Crippen LogP contribution in [0.4, 0.5) is 0 Å². The molecule has 4 rings (SSSR count). The summed E-state index contributed by atoms with van der Waals surface area (Å²) in [6, 6.07) is 12.8. The summed E-state index contributed by atoms with van der Waals surface area (Å²) in [5.41, 5.74) is 2.54. The van der Waals surface area contributed by atoms with E-state index in [1.165, 1.54) is 0 Å². The summed E-state index contributed by atoms with van der Waals surface area (Å²) in [4.78, 5) is 13.0. The van der Waals surface area contributed by atoms with Crippen molar-refractivity contribution < 1.29 is 23.5 Å². The molecular formula is C24H26N2O5. The van der Waals surface area contributed by atoms with E-state index in [1.54, 1.807) is 18.2 Å². The fourth-order valence-electron chi connectivity index (χ4n) is 3.45. The molecule has 0 fully saturated rings. The van der Waals surface area contributed by atoms with Crippen molar-refractivity contribution in [1.82, 2.24) is 10.5 Å². The Morgan fingerprint density at radius 3 is 2.61 bits per heavy atom. The number of carbonyl (C=O) groups excluding carboxylic acids is 1. The van der Waals surface area contributed by atoms with Gasteiger partial charge in [-0.3, -0.25) is 4.79 Å². The Morgan fingerprint density at radius 2 is 1.87 bits per heavy atom. The number of rotatable bonds is 6. The average Bonchev–Trinajstić information content (AvgIpc) is 3.09. The zero-order chi connectivity index (χ0) is 22.0. The first-order valence-electron chi connectivity index (χ1n) is 10.2. The van der Waals surface area contributed by atoms with Crippen molar-refractivity contribution in [2.75, 3.05) is 13.2 Å². The van der Waals surface area contributed by atoms with Gasteiger partial charge in [-0.25, -0.2) is 0 Å². The molecule has 2 heterocycles. The molecule has 1 aliphatic rings. The topological polar surface area (TPSA) is 82.8 Å². The van der Waals surface area contributed by atoms with E-state index in [0.29, 0.717) is 36.9 Å². The van der Waals surface area contributed by atoms with Gasteiger partial charge in [0, 0.05) is 5.56 Å². The minimum atomic E-state index is -0.611. The van der Waals surface area contributed by atoms with Gasteiger partial charge in [-0.1, -0.05) is 17.3 Å². The highest BCUT2D eigenvalue weighted by molar-refractivity contribution is 5.95. The van der Waals surface area contributed by atoms with Crippen LogP contribution in [0.25, 0.3) is 0 Å². The molecule has 0 radical (unpaired) electrons. The zero-order valence-corrected chi connectivity index (χ0v) is 18.2. The first-order chi connectivity index (χ1) is 14.8. The van der Waals surface area contributed by atoms with Crippen LogP contribution in [-0.4, -0.2) is 24.3 Å². The molecule has 1 aromatic heterocycles. The molecule has 1 N–H and O–H groups in total. The summed E-state index contributed by atoms with van der Waals surface area (Å²) in [6.07, 6.45) is 0. The molecule has 2 aromatic carbocycles. The van der Waals surface area contributed by atoms with E-state index in [-0.39, 0.29) is 5.91 Å². The van der Waals surface area contributed by atoms with E-state index < -0.39 is 5.54 Å². The van der Waals surface area contributed by atoms with E-state index in [2.05, 4.69) is 10.5 Å². The minimum Gasteiger partial charge on any atom is -0.489 e. The van der Waals surface area contributed by atoms with Crippen LogP contribution in [0.3, 0.4) is 0 Å². The Balaban J connectivity index is 1.46. The van der Waals surface area contributed by atoms with E-state index >= 15 is 0 Å². The van der Waals surface area contributed by atoms with Gasteiger partial charge in [-0.2, -0.15) is 0 Å². The quantitative estimate of drug-likeness (QED) is 0.638. The van der Waals surface area contributed by atoms with Gasteiger partial charge in [0.15, 0.2) is 11.5 Å². The van der Waals surface area contributed by atoms with Crippen molar-refractivity contribution in [1.29, 1.82) is 0 Å². The molecule has 1 amide bonds. The maximum Gasteiger partial charge on any atom is 0.252 e. The van der Waals surface area contributed by atoms with E-state index in [9.17, 15) is 4.79 Å². The van der Waals surface area contributed by atoms with E-state index in [0.717, 1.165) is 28.3 Å². The van der Waals surface area contributed by atoms with Crippen molar-refractivity contribution in [3.63, 3.8) is 0 Å². The van der Waals surface area contributed by atoms with Crippen molar-refractivity contribution >= 4 is 5.91 Å². The number of aromatic nitrogens is 1. The monoisotopic (exact) mass is 422 g/mol. The molecule has 7 heteroatoms. The summed E-state index contributed by atoms with van der Waals surface area (Å²) in [7, 11) is 0. The molecule has 3 aromatic rings. The third-order valence-corrected chi connectivity index (χ3v) is 5.35. The van der Waals surface area contributed by atoms with Crippen LogP contribution in [0.1, 0.15) is 46.8 Å². The van der Waals surface area contributed by atoms with Gasteiger partial charge in [0.25, 0.3) is 5.91 Å². The molecule has 0 unspecified atom stereocenters. The smallest absolute Gasteiger partial charge is 0.252 e. The first kappa shape index (κ1) is 20.8. The number of benzene rings is 2. The van der Waals surface area contributed by atoms with Crippen LogP contribution in [0.2, 0.25) is 0 Å². The summed E-state index contributed by atoms with van der Waals surface area (Å²) >= 11 is 0. The van der Waals surface area contributed by atoms with Crippen LogP contribution < -0.4 is 19.5 Å². The number of ether oxygens (including phenoxy) is 3. The predicted molar refractivity (Wildman–Crippen MR) is 115 cm³/mol. The Labute approximate surface area is 181 Å². The van der Waals surface area contributed by atoms with Crippen LogP contribution in [-0.2, 0) is 12.1 Å². The molecule has 162 valence electrons. The highest BCUT2D eigenvalue weighted by atomic mass is 16.6. The SMILES string of the molecule is Cc1noc(C)c1COc1cccc(C(=O)NC(C)(C)c2ccc3c(c2)OCCO3)c1. The number of hydrogen-bond acceptors (Lipinski definition) is 6. The maximum atomic E-state index is 13.0. The van der Waals surface area contributed by atoms with Gasteiger partial charge in [-0.05, 0) is 63.6 Å². The van der Waals surface area contributed by atoms with Gasteiger partial charge >= 0.3 is 0 Å². The molecule has 0 aliphatic carbocycles. The highest BCUT2D eigenvalue weighted by Gasteiger charge is 2.26. The van der Waals surface area contributed by atoms with E-state index in [4.69, 9.17) is 18.7 Å². The molecule has 1 aliphatic heterocycles. The summed E-state index contributed by atoms with van der Waals surface area (Å²) in [6.45, 7) is 9.02. The number of hydrogen-bond donors (Lipinski definition) is 1. The van der Waals surface area contributed by atoms with Crippen LogP contribution >= 0.6 is 0 Å². The van der Waals surface area contributed by atoms with Crippen LogP contribution in [0, 0.1) is 13.8 Å². The molecule has 0 saturated carbocycles. The summed E-state index contributed by atoms with van der Waals surface area (Å²) < 4.78 is 22.3. The number of nitrogens with one attached hydrogen (secondary N) is 1. The van der Waals surface area contributed by atoms with Gasteiger partial charge in [0.1, 0.15) is 31.3 Å². The summed E-state index contributed by atoms with van der Waals surface area (Å²) in [5, 5.41) is 7.03. The Morgan fingerprint density at radius 1 is 1.10 bits per heavy atom. The lowest BCUT2D eigenvalue weighted by Crippen LogP contribution is -2.41. The van der Waals surface area contributed by atoms with Gasteiger partial charge < -0.3 is 24.1 Å². The molecule has 0 bridgehead atoms. The minimum absolute atomic E-state index is 0.192. The number of nitrogens with zero attached hydrogens (tertiary/aromatic N) is 1. The normalized spacial score (nSPS) is 13.0. The Bertz CT molecular complexity index is 1080. The molecule has 31 heavy (non-hydrogen) atoms. The number of amides is 1. The van der Waals surface area contributed by atoms with Crippen LogP contribution in [0.15, 0.2) is 47.0 Å². The second-order valence-corrected chi connectivity index (χ2v) is 8.06. The molecular weight excluding hydrogens is 396 g/mol. The van der Waals surface area contributed by atoms with Crippen molar-refractivity contribution in [3.05, 3.63) is 70.6 Å². The fraction of sp³-hybridized carbons (Fsp3) is 0.333. The molecule has 7 nitrogen and oxygen atoms in total. The average molecular weight is 422 g/mol. The fourth-order valence-corrected chi connectivity index (χ4v) is 3.45. The first-order valence-corrected chi connectivity index (χ1v) is 10.2. The van der Waals surface area contributed by atoms with Crippen LogP contribution in [0.5, 0.6) is 17.2 Å². The number of fused-ring (bicyclic) bond motifs is 1. The molecule has 0 spiro atoms. The second-order valence-electron chi connectivity index (χ2n) is 8.06. The molecule has 0 atom stereocenters. The summed E-state index contributed by atoms with van der Waals surface area (Å²) in [5.74, 6) is 2.56. The van der Waals surface area contributed by atoms with Crippen molar-refractivity contribution in [2.45, 2.75) is 39.8 Å². The highest BCUT2D eigenvalue weighted by Crippen LogP contribution is 2.34. The standard InChI is InChI=1S/C24H26N2O5/c1-15-20(16(2)31-26-15)14-30-19-7-5-6-17(12-19)23(27)25-24(3,4)18-8-9-21-22(13-18)29-11-10-28-21/h5-9,12-13H,10-11,14H2,1-4H3,(H,25,27). The third kappa shape index (κ3) is 4.50. The lowest BCUT2D eigenvalue weighted by molar-refractivity contribution is 0.0911. The van der Waals surface area contributed by atoms with Gasteiger partial charge in [0.05, 0.1) is 16.8 Å². The van der Waals surface area contributed by atoms with Crippen molar-refractivity contribution in [2.24, 2.45) is 0 Å². The largest absolute Gasteiger partial charge is 0.489 e. The number of aryl methyl sites for hydroxylation is 2. The zero-order valence-electron chi connectivity index (χ0n) is 18.2. The Kier molecular flexibility index (Phi) is 5.59. The van der Waals surface area contributed by atoms with Gasteiger partial charge in [-0.15, -0.1) is 0 Å². The third-order valence-electron chi connectivity index (χ3n) is 5.35. The molecule has 0 saturated heterocycles. The van der Waals surface area contributed by atoms with Crippen molar-refractivity contribution in [3.8, 4) is 17.2 Å². The Hall–Kier alpha value is -3.48. The van der Waals surface area contributed by atoms with Gasteiger partial charge in [0.2, 0.25) is 0 Å². The lowest BCUT2D eigenvalue weighted by atomic mass is 9.93. The number of carbonyl (C=O) groups is 1. The second kappa shape index (κ2) is 8.34. The maximum absolute atomic E-state index is 13.0. The predicted octanol–water partition coefficient (Wildman–Crippen LogP) is 4.31. The van der Waals surface area contributed by atoms with E-state index in [1.807, 2.05) is 52.0 Å².